The smallest absolute Gasteiger partial charge is 0.227 e. The first kappa shape index (κ1) is 18.8. The summed E-state index contributed by atoms with van der Waals surface area (Å²) in [5.74, 6) is -2.12. The molecule has 2 N–H and O–H groups in total. The molecule has 1 saturated heterocycles. The number of carbonyl (C=O) groups excluding carboxylic acids is 1. The van der Waals surface area contributed by atoms with Gasteiger partial charge in [0.05, 0.1) is 12.5 Å². The topological polar surface area (TPSA) is 55.6 Å². The standard InChI is InChI=1S/C15H20F2N2O2.ClH/c1-21-12-5-6-19(11(8-12)9-18)14(20)7-10-3-2-4-13(16)15(10)17;/h2-4,11-12H,5-9,18H2,1H3;1H. The number of rotatable bonds is 4. The number of piperidine rings is 1. The van der Waals surface area contributed by atoms with Gasteiger partial charge in [0.1, 0.15) is 0 Å². The highest BCUT2D eigenvalue weighted by Crippen LogP contribution is 2.21. The van der Waals surface area contributed by atoms with Crippen LogP contribution in [0.5, 0.6) is 0 Å². The Kier molecular flexibility index (Phi) is 7.19. The fourth-order valence-electron chi connectivity index (χ4n) is 2.73. The third kappa shape index (κ3) is 4.15. The molecule has 0 spiro atoms. The Balaban J connectivity index is 0.00000242. The second-order valence-electron chi connectivity index (χ2n) is 5.25. The first-order valence-electron chi connectivity index (χ1n) is 7.02. The summed E-state index contributed by atoms with van der Waals surface area (Å²) in [5.41, 5.74) is 5.79. The Hall–Kier alpha value is -1.24. The summed E-state index contributed by atoms with van der Waals surface area (Å²) in [4.78, 5) is 14.0. The SMILES string of the molecule is COC1CCN(C(=O)Cc2cccc(F)c2F)C(CN)C1.Cl. The summed E-state index contributed by atoms with van der Waals surface area (Å²) in [6.07, 6.45) is 1.33. The summed E-state index contributed by atoms with van der Waals surface area (Å²) in [6, 6.07) is 3.75. The van der Waals surface area contributed by atoms with Gasteiger partial charge < -0.3 is 15.4 Å². The van der Waals surface area contributed by atoms with Gasteiger partial charge in [-0.1, -0.05) is 12.1 Å². The first-order valence-corrected chi connectivity index (χ1v) is 7.02. The van der Waals surface area contributed by atoms with Gasteiger partial charge in [-0.3, -0.25) is 4.79 Å². The average molecular weight is 335 g/mol. The van der Waals surface area contributed by atoms with Gasteiger partial charge in [-0.15, -0.1) is 12.4 Å². The van der Waals surface area contributed by atoms with Crippen molar-refractivity contribution >= 4 is 18.3 Å². The van der Waals surface area contributed by atoms with E-state index < -0.39 is 11.6 Å². The van der Waals surface area contributed by atoms with Crippen LogP contribution in [-0.2, 0) is 16.0 Å². The number of carbonyl (C=O) groups is 1. The van der Waals surface area contributed by atoms with Crippen molar-refractivity contribution in [3.8, 4) is 0 Å². The number of likely N-dealkylation sites (tertiary alicyclic amines) is 1. The highest BCUT2D eigenvalue weighted by Gasteiger charge is 2.31. The number of methoxy groups -OCH3 is 1. The maximum atomic E-state index is 13.6. The molecular formula is C15H21ClF2N2O2. The summed E-state index contributed by atoms with van der Waals surface area (Å²) in [7, 11) is 1.64. The molecule has 4 nitrogen and oxygen atoms in total. The van der Waals surface area contributed by atoms with Crippen LogP contribution in [0, 0.1) is 11.6 Å². The monoisotopic (exact) mass is 334 g/mol. The van der Waals surface area contributed by atoms with E-state index in [2.05, 4.69) is 0 Å². The van der Waals surface area contributed by atoms with Gasteiger partial charge in [-0.2, -0.15) is 0 Å². The van der Waals surface area contributed by atoms with E-state index in [1.165, 1.54) is 12.1 Å². The molecule has 1 aliphatic rings. The Bertz CT molecular complexity index is 516. The van der Waals surface area contributed by atoms with Gasteiger partial charge in [-0.25, -0.2) is 8.78 Å². The van der Waals surface area contributed by atoms with Crippen molar-refractivity contribution in [1.29, 1.82) is 0 Å². The second-order valence-corrected chi connectivity index (χ2v) is 5.25. The molecule has 1 heterocycles. The van der Waals surface area contributed by atoms with E-state index in [-0.39, 0.29) is 42.4 Å². The van der Waals surface area contributed by atoms with Crippen LogP contribution < -0.4 is 5.73 Å². The fraction of sp³-hybridized carbons (Fsp3) is 0.533. The maximum absolute atomic E-state index is 13.6. The van der Waals surface area contributed by atoms with Crippen LogP contribution in [-0.4, -0.2) is 43.2 Å². The summed E-state index contributed by atoms with van der Waals surface area (Å²) < 4.78 is 32.1. The van der Waals surface area contributed by atoms with Crippen LogP contribution >= 0.6 is 12.4 Å². The van der Waals surface area contributed by atoms with Crippen LogP contribution in [0.2, 0.25) is 0 Å². The van der Waals surface area contributed by atoms with Gasteiger partial charge in [-0.05, 0) is 18.9 Å². The van der Waals surface area contributed by atoms with Crippen LogP contribution in [0.15, 0.2) is 18.2 Å². The Labute approximate surface area is 135 Å². The molecule has 22 heavy (non-hydrogen) atoms. The van der Waals surface area contributed by atoms with Crippen LogP contribution in [0.1, 0.15) is 18.4 Å². The molecule has 2 unspecified atom stereocenters. The fourth-order valence-corrected chi connectivity index (χ4v) is 2.73. The molecule has 0 radical (unpaired) electrons. The average Bonchev–Trinajstić information content (AvgIpc) is 2.51. The lowest BCUT2D eigenvalue weighted by atomic mass is 9.98. The number of hydrogen-bond acceptors (Lipinski definition) is 3. The molecule has 0 saturated carbocycles. The Morgan fingerprint density at radius 2 is 2.18 bits per heavy atom. The molecule has 1 fully saturated rings. The van der Waals surface area contributed by atoms with Crippen molar-refractivity contribution < 1.29 is 18.3 Å². The van der Waals surface area contributed by atoms with Crippen molar-refractivity contribution in [3.63, 3.8) is 0 Å². The molecule has 124 valence electrons. The molecule has 1 aliphatic heterocycles. The van der Waals surface area contributed by atoms with Gasteiger partial charge >= 0.3 is 0 Å². The number of ether oxygens (including phenoxy) is 1. The predicted molar refractivity (Wildman–Crippen MR) is 81.9 cm³/mol. The van der Waals surface area contributed by atoms with E-state index in [0.29, 0.717) is 19.5 Å². The van der Waals surface area contributed by atoms with Crippen molar-refractivity contribution in [1.82, 2.24) is 4.90 Å². The van der Waals surface area contributed by atoms with Crippen molar-refractivity contribution in [3.05, 3.63) is 35.4 Å². The minimum atomic E-state index is -0.957. The lowest BCUT2D eigenvalue weighted by Crippen LogP contribution is -2.51. The normalized spacial score (nSPS) is 21.4. The molecule has 2 rings (SSSR count). The van der Waals surface area contributed by atoms with E-state index in [1.54, 1.807) is 12.0 Å². The van der Waals surface area contributed by atoms with Crippen LogP contribution in [0.25, 0.3) is 0 Å². The largest absolute Gasteiger partial charge is 0.381 e. The predicted octanol–water partition coefficient (Wildman–Crippen LogP) is 1.89. The molecule has 1 amide bonds. The zero-order chi connectivity index (χ0) is 15.4. The third-order valence-electron chi connectivity index (χ3n) is 3.97. The Morgan fingerprint density at radius 1 is 1.45 bits per heavy atom. The lowest BCUT2D eigenvalue weighted by molar-refractivity contribution is -0.136. The van der Waals surface area contributed by atoms with Gasteiger partial charge in [0.15, 0.2) is 11.6 Å². The Morgan fingerprint density at radius 3 is 2.82 bits per heavy atom. The van der Waals surface area contributed by atoms with E-state index in [0.717, 1.165) is 12.5 Å². The number of amides is 1. The third-order valence-corrected chi connectivity index (χ3v) is 3.97. The zero-order valence-electron chi connectivity index (χ0n) is 12.4. The molecule has 0 aliphatic carbocycles. The van der Waals surface area contributed by atoms with E-state index in [9.17, 15) is 13.6 Å². The van der Waals surface area contributed by atoms with Crippen LogP contribution in [0.3, 0.4) is 0 Å². The maximum Gasteiger partial charge on any atom is 0.227 e. The minimum absolute atomic E-state index is 0. The van der Waals surface area contributed by atoms with Crippen molar-refractivity contribution in [2.45, 2.75) is 31.4 Å². The van der Waals surface area contributed by atoms with Crippen LogP contribution in [0.4, 0.5) is 8.78 Å². The number of benzene rings is 1. The minimum Gasteiger partial charge on any atom is -0.381 e. The molecule has 0 bridgehead atoms. The van der Waals surface area contributed by atoms with Crippen molar-refractivity contribution in [2.75, 3.05) is 20.2 Å². The molecule has 2 atom stereocenters. The number of hydrogen-bond donors (Lipinski definition) is 1. The van der Waals surface area contributed by atoms with E-state index in [4.69, 9.17) is 10.5 Å². The van der Waals surface area contributed by atoms with Gasteiger partial charge in [0, 0.05) is 31.8 Å². The second kappa shape index (κ2) is 8.41. The summed E-state index contributed by atoms with van der Waals surface area (Å²) in [6.45, 7) is 0.855. The molecule has 1 aromatic rings. The lowest BCUT2D eigenvalue weighted by Gasteiger charge is -2.38. The number of halogens is 3. The van der Waals surface area contributed by atoms with E-state index >= 15 is 0 Å². The van der Waals surface area contributed by atoms with Gasteiger partial charge in [0.25, 0.3) is 0 Å². The summed E-state index contributed by atoms with van der Waals surface area (Å²) in [5, 5.41) is 0. The zero-order valence-corrected chi connectivity index (χ0v) is 13.2. The quantitative estimate of drug-likeness (QED) is 0.915. The molecular weight excluding hydrogens is 314 g/mol. The molecule has 1 aromatic carbocycles. The highest BCUT2D eigenvalue weighted by atomic mass is 35.5. The summed E-state index contributed by atoms with van der Waals surface area (Å²) >= 11 is 0. The number of nitrogens with two attached hydrogens (primary N) is 1. The van der Waals surface area contributed by atoms with E-state index in [1.807, 2.05) is 0 Å². The highest BCUT2D eigenvalue weighted by molar-refractivity contribution is 5.85. The first-order chi connectivity index (χ1) is 10.1. The van der Waals surface area contributed by atoms with Gasteiger partial charge in [0.2, 0.25) is 5.91 Å². The number of nitrogens with zero attached hydrogens (tertiary/aromatic N) is 1. The van der Waals surface area contributed by atoms with Crippen molar-refractivity contribution in [2.24, 2.45) is 5.73 Å². The molecule has 0 aromatic heterocycles. The molecule has 7 heteroatoms.